The van der Waals surface area contributed by atoms with Crippen LogP contribution in [0.2, 0.25) is 0 Å². The summed E-state index contributed by atoms with van der Waals surface area (Å²) in [4.78, 5) is 42.6. The van der Waals surface area contributed by atoms with Crippen molar-refractivity contribution in [2.75, 3.05) is 31.5 Å². The van der Waals surface area contributed by atoms with Crippen LogP contribution >= 0.6 is 0 Å². The van der Waals surface area contributed by atoms with Crippen LogP contribution in [0.15, 0.2) is 66.7 Å². The molecule has 1 aliphatic rings. The molecule has 9 heteroatoms. The van der Waals surface area contributed by atoms with Gasteiger partial charge in [-0.2, -0.15) is 0 Å². The van der Waals surface area contributed by atoms with Crippen LogP contribution in [-0.2, 0) is 16.1 Å². The van der Waals surface area contributed by atoms with Crippen molar-refractivity contribution >= 4 is 29.2 Å². The highest BCUT2D eigenvalue weighted by Crippen LogP contribution is 2.30. The largest absolute Gasteiger partial charge is 0.497 e. The predicted molar refractivity (Wildman–Crippen MR) is 139 cm³/mol. The fraction of sp³-hybridized carbons (Fsp3) is 0.250. The highest BCUT2D eigenvalue weighted by molar-refractivity contribution is 6.22. The first-order valence-corrected chi connectivity index (χ1v) is 11.7. The zero-order valence-electron chi connectivity index (χ0n) is 21.2. The molecule has 192 valence electrons. The summed E-state index contributed by atoms with van der Waals surface area (Å²) in [6.07, 6.45) is -0.220. The fourth-order valence-corrected chi connectivity index (χ4v) is 4.14. The summed E-state index contributed by atoms with van der Waals surface area (Å²) >= 11 is 0. The molecule has 1 atom stereocenters. The van der Waals surface area contributed by atoms with Gasteiger partial charge >= 0.3 is 6.03 Å². The molecule has 1 saturated heterocycles. The average Bonchev–Trinajstić information content (AvgIpc) is 3.13. The van der Waals surface area contributed by atoms with E-state index in [0.29, 0.717) is 28.6 Å². The standard InChI is InChI=1S/C28H29N3O6/c1-18-5-9-21(10-6-18)31-27(33)25(30(28(31)34)17-19-7-11-22(35-2)12-8-19)16-26(32)29-20-13-23(36-3)15-24(14-20)37-4/h5-15,25H,16-17H2,1-4H3,(H,29,32). The smallest absolute Gasteiger partial charge is 0.332 e. The van der Waals surface area contributed by atoms with E-state index >= 15 is 0 Å². The zero-order chi connectivity index (χ0) is 26.5. The van der Waals surface area contributed by atoms with Gasteiger partial charge in [0, 0.05) is 30.4 Å². The van der Waals surface area contributed by atoms with E-state index in [2.05, 4.69) is 5.32 Å². The Kier molecular flexibility index (Phi) is 7.62. The lowest BCUT2D eigenvalue weighted by Gasteiger charge is -2.22. The maximum atomic E-state index is 13.5. The summed E-state index contributed by atoms with van der Waals surface area (Å²) < 4.78 is 15.7. The number of urea groups is 1. The van der Waals surface area contributed by atoms with Gasteiger partial charge in [-0.3, -0.25) is 9.59 Å². The third kappa shape index (κ3) is 5.66. The van der Waals surface area contributed by atoms with Crippen molar-refractivity contribution in [1.29, 1.82) is 0 Å². The van der Waals surface area contributed by atoms with Crippen molar-refractivity contribution < 1.29 is 28.6 Å². The minimum Gasteiger partial charge on any atom is -0.497 e. The van der Waals surface area contributed by atoms with Gasteiger partial charge in [0.05, 0.1) is 33.4 Å². The summed E-state index contributed by atoms with van der Waals surface area (Å²) in [7, 11) is 4.60. The molecule has 0 aliphatic carbocycles. The molecule has 3 aromatic rings. The van der Waals surface area contributed by atoms with Crippen LogP contribution in [0.5, 0.6) is 17.2 Å². The summed E-state index contributed by atoms with van der Waals surface area (Å²) in [5, 5.41) is 2.79. The number of carbonyl (C=O) groups excluding carboxylic acids is 3. The molecule has 1 unspecified atom stereocenters. The zero-order valence-corrected chi connectivity index (χ0v) is 21.2. The van der Waals surface area contributed by atoms with Gasteiger partial charge < -0.3 is 24.4 Å². The molecule has 4 amide bonds. The summed E-state index contributed by atoms with van der Waals surface area (Å²) in [6, 6.07) is 17.9. The Labute approximate surface area is 215 Å². The van der Waals surface area contributed by atoms with Crippen molar-refractivity contribution in [3.63, 3.8) is 0 Å². The summed E-state index contributed by atoms with van der Waals surface area (Å²) in [6.45, 7) is 2.08. The molecule has 4 rings (SSSR count). The van der Waals surface area contributed by atoms with E-state index < -0.39 is 23.9 Å². The first-order valence-electron chi connectivity index (χ1n) is 11.7. The Morgan fingerprint density at radius 1 is 0.838 bits per heavy atom. The minimum atomic E-state index is -0.983. The molecule has 1 heterocycles. The van der Waals surface area contributed by atoms with Crippen molar-refractivity contribution in [2.24, 2.45) is 0 Å². The van der Waals surface area contributed by atoms with Gasteiger partial charge in [-0.25, -0.2) is 9.69 Å². The second-order valence-corrected chi connectivity index (χ2v) is 8.64. The van der Waals surface area contributed by atoms with E-state index in [-0.39, 0.29) is 13.0 Å². The average molecular weight is 504 g/mol. The van der Waals surface area contributed by atoms with Crippen LogP contribution < -0.4 is 24.4 Å². The molecule has 3 aromatic carbocycles. The molecule has 0 saturated carbocycles. The summed E-state index contributed by atoms with van der Waals surface area (Å²) in [5.41, 5.74) is 2.72. The van der Waals surface area contributed by atoms with E-state index in [4.69, 9.17) is 14.2 Å². The van der Waals surface area contributed by atoms with Gasteiger partial charge in [0.25, 0.3) is 5.91 Å². The van der Waals surface area contributed by atoms with Gasteiger partial charge in [0.2, 0.25) is 5.91 Å². The fourth-order valence-electron chi connectivity index (χ4n) is 4.14. The summed E-state index contributed by atoms with van der Waals surface area (Å²) in [5.74, 6) is 0.813. The first kappa shape index (κ1) is 25.6. The lowest BCUT2D eigenvalue weighted by Crippen LogP contribution is -2.37. The molecule has 1 N–H and O–H groups in total. The van der Waals surface area contributed by atoms with E-state index in [1.54, 1.807) is 49.6 Å². The number of aryl methyl sites for hydroxylation is 1. The normalized spacial score (nSPS) is 15.1. The van der Waals surface area contributed by atoms with E-state index in [1.165, 1.54) is 19.1 Å². The number of amides is 4. The maximum absolute atomic E-state index is 13.5. The number of ether oxygens (including phenoxy) is 3. The minimum absolute atomic E-state index is 0.155. The van der Waals surface area contributed by atoms with Crippen LogP contribution in [0.4, 0.5) is 16.2 Å². The molecule has 0 spiro atoms. The second-order valence-electron chi connectivity index (χ2n) is 8.64. The van der Waals surface area contributed by atoms with Crippen LogP contribution in [0, 0.1) is 6.92 Å². The van der Waals surface area contributed by atoms with Crippen molar-refractivity contribution in [2.45, 2.75) is 25.9 Å². The number of benzene rings is 3. The van der Waals surface area contributed by atoms with Crippen molar-refractivity contribution in [3.8, 4) is 17.2 Å². The topological polar surface area (TPSA) is 97.4 Å². The highest BCUT2D eigenvalue weighted by Gasteiger charge is 2.46. The van der Waals surface area contributed by atoms with Crippen LogP contribution in [0.3, 0.4) is 0 Å². The number of hydrogen-bond acceptors (Lipinski definition) is 6. The van der Waals surface area contributed by atoms with Crippen LogP contribution in [-0.4, -0.2) is 50.1 Å². The quantitative estimate of drug-likeness (QED) is 0.435. The SMILES string of the molecule is COc1ccc(CN2C(=O)N(c3ccc(C)cc3)C(=O)C2CC(=O)Nc2cc(OC)cc(OC)c2)cc1. The van der Waals surface area contributed by atoms with Gasteiger partial charge in [0.1, 0.15) is 23.3 Å². The van der Waals surface area contributed by atoms with Gasteiger partial charge in [-0.1, -0.05) is 29.8 Å². The number of hydrogen-bond donors (Lipinski definition) is 1. The van der Waals surface area contributed by atoms with Crippen molar-refractivity contribution in [3.05, 3.63) is 77.9 Å². The molecule has 0 radical (unpaired) electrons. The Bertz CT molecular complexity index is 1270. The lowest BCUT2D eigenvalue weighted by atomic mass is 10.1. The number of imide groups is 1. The van der Waals surface area contributed by atoms with E-state index in [1.807, 2.05) is 31.2 Å². The molecule has 1 fully saturated rings. The molecular formula is C28H29N3O6. The van der Waals surface area contributed by atoms with E-state index in [0.717, 1.165) is 16.0 Å². The second kappa shape index (κ2) is 11.0. The number of nitrogens with zero attached hydrogens (tertiary/aromatic N) is 2. The van der Waals surface area contributed by atoms with Gasteiger partial charge in [-0.05, 0) is 36.8 Å². The van der Waals surface area contributed by atoms with Crippen LogP contribution in [0.1, 0.15) is 17.5 Å². The molecule has 0 bridgehead atoms. The van der Waals surface area contributed by atoms with Crippen molar-refractivity contribution in [1.82, 2.24) is 4.90 Å². The molecule has 37 heavy (non-hydrogen) atoms. The first-order chi connectivity index (χ1) is 17.8. The van der Waals surface area contributed by atoms with E-state index in [9.17, 15) is 14.4 Å². The van der Waals surface area contributed by atoms with Crippen LogP contribution in [0.25, 0.3) is 0 Å². The number of anilines is 2. The number of carbonyl (C=O) groups is 3. The predicted octanol–water partition coefficient (Wildman–Crippen LogP) is 4.39. The molecule has 9 nitrogen and oxygen atoms in total. The molecule has 1 aliphatic heterocycles. The number of nitrogens with one attached hydrogen (secondary N) is 1. The maximum Gasteiger partial charge on any atom is 0.332 e. The third-order valence-electron chi connectivity index (χ3n) is 6.14. The third-order valence-corrected chi connectivity index (χ3v) is 6.14. The number of rotatable bonds is 9. The Balaban J connectivity index is 1.60. The van der Waals surface area contributed by atoms with Gasteiger partial charge in [-0.15, -0.1) is 0 Å². The lowest BCUT2D eigenvalue weighted by molar-refractivity contribution is -0.124. The Morgan fingerprint density at radius 2 is 1.43 bits per heavy atom. The Morgan fingerprint density at radius 3 is 2.00 bits per heavy atom. The Hall–Kier alpha value is -4.53. The highest BCUT2D eigenvalue weighted by atomic mass is 16.5. The monoisotopic (exact) mass is 503 g/mol. The molecule has 0 aromatic heterocycles. The van der Waals surface area contributed by atoms with Gasteiger partial charge in [0.15, 0.2) is 0 Å². The molecular weight excluding hydrogens is 474 g/mol. The number of methoxy groups -OCH3 is 3.